The summed E-state index contributed by atoms with van der Waals surface area (Å²) in [6, 6.07) is 13.2. The van der Waals surface area contributed by atoms with Crippen molar-refractivity contribution in [2.75, 3.05) is 4.72 Å². The molecule has 0 aliphatic carbocycles. The van der Waals surface area contributed by atoms with E-state index >= 15 is 0 Å². The highest BCUT2D eigenvalue weighted by molar-refractivity contribution is 7.92. The molecule has 0 unspecified atom stereocenters. The molecule has 0 saturated heterocycles. The minimum Gasteiger partial charge on any atom is -0.507 e. The lowest BCUT2D eigenvalue weighted by atomic mass is 10.00. The number of rotatable bonds is 5. The Kier molecular flexibility index (Phi) is 5.21. The number of benzene rings is 3. The Bertz CT molecular complexity index is 1190. The molecule has 150 valence electrons. The zero-order valence-electron chi connectivity index (χ0n) is 15.7. The van der Waals surface area contributed by atoms with E-state index in [0.717, 1.165) is 17.7 Å². The van der Waals surface area contributed by atoms with E-state index in [9.17, 15) is 23.4 Å². The summed E-state index contributed by atoms with van der Waals surface area (Å²) in [6.07, 6.45) is 0. The van der Waals surface area contributed by atoms with E-state index in [2.05, 4.69) is 4.72 Å². The van der Waals surface area contributed by atoms with Gasteiger partial charge < -0.3 is 15.3 Å². The zero-order valence-corrected chi connectivity index (χ0v) is 16.5. The standard InChI is InChI=1S/C21H19NO6S/c1-12-8-15(9-13(2)20(12)24)14-4-3-5-17(10-14)29(27,28)22-16-6-7-18(21(25)26)19(23)11-16/h3-11,22-24H,1-2H3,(H,25,26). The van der Waals surface area contributed by atoms with Crippen LogP contribution in [0.3, 0.4) is 0 Å². The number of aryl methyl sites for hydroxylation is 2. The molecule has 0 saturated carbocycles. The molecule has 0 spiro atoms. The fourth-order valence-corrected chi connectivity index (χ4v) is 4.05. The van der Waals surface area contributed by atoms with E-state index in [4.69, 9.17) is 5.11 Å². The first-order valence-electron chi connectivity index (χ1n) is 8.58. The normalized spacial score (nSPS) is 11.2. The Balaban J connectivity index is 1.95. The predicted octanol–water partition coefficient (Wildman–Crippen LogP) is 3.88. The van der Waals surface area contributed by atoms with Crippen molar-refractivity contribution in [3.8, 4) is 22.6 Å². The van der Waals surface area contributed by atoms with Crippen molar-refractivity contribution < 1.29 is 28.5 Å². The highest BCUT2D eigenvalue weighted by Gasteiger charge is 2.17. The van der Waals surface area contributed by atoms with Crippen LogP contribution in [0.15, 0.2) is 59.5 Å². The third kappa shape index (κ3) is 4.17. The highest BCUT2D eigenvalue weighted by Crippen LogP contribution is 2.31. The first kappa shape index (κ1) is 20.2. The number of hydrogen-bond acceptors (Lipinski definition) is 5. The third-order valence-corrected chi connectivity index (χ3v) is 5.83. The van der Waals surface area contributed by atoms with Crippen LogP contribution in [0.1, 0.15) is 21.5 Å². The smallest absolute Gasteiger partial charge is 0.339 e. The quantitative estimate of drug-likeness (QED) is 0.503. The van der Waals surface area contributed by atoms with Gasteiger partial charge >= 0.3 is 5.97 Å². The number of carboxylic acid groups (broad SMARTS) is 1. The predicted molar refractivity (Wildman–Crippen MR) is 109 cm³/mol. The van der Waals surface area contributed by atoms with Gasteiger partial charge in [-0.05, 0) is 72.5 Å². The second kappa shape index (κ2) is 7.48. The molecule has 8 heteroatoms. The van der Waals surface area contributed by atoms with Crippen molar-refractivity contribution in [2.45, 2.75) is 18.7 Å². The van der Waals surface area contributed by atoms with Gasteiger partial charge in [-0.15, -0.1) is 0 Å². The van der Waals surface area contributed by atoms with E-state index in [0.29, 0.717) is 16.7 Å². The molecule has 3 rings (SSSR count). The molecule has 0 atom stereocenters. The number of aromatic carboxylic acids is 1. The summed E-state index contributed by atoms with van der Waals surface area (Å²) in [6.45, 7) is 3.53. The van der Waals surface area contributed by atoms with Gasteiger partial charge in [0.1, 0.15) is 17.1 Å². The van der Waals surface area contributed by atoms with E-state index in [1.807, 2.05) is 0 Å². The Morgan fingerprint density at radius 1 is 0.897 bits per heavy atom. The van der Waals surface area contributed by atoms with Crippen molar-refractivity contribution in [3.63, 3.8) is 0 Å². The zero-order chi connectivity index (χ0) is 21.3. The van der Waals surface area contributed by atoms with Gasteiger partial charge in [0.15, 0.2) is 0 Å². The topological polar surface area (TPSA) is 124 Å². The number of sulfonamides is 1. The summed E-state index contributed by atoms with van der Waals surface area (Å²) < 4.78 is 27.8. The van der Waals surface area contributed by atoms with E-state index in [1.165, 1.54) is 18.2 Å². The van der Waals surface area contributed by atoms with Crippen molar-refractivity contribution in [1.29, 1.82) is 0 Å². The Hall–Kier alpha value is -3.52. The van der Waals surface area contributed by atoms with Crippen molar-refractivity contribution in [1.82, 2.24) is 0 Å². The van der Waals surface area contributed by atoms with Gasteiger partial charge in [-0.25, -0.2) is 13.2 Å². The van der Waals surface area contributed by atoms with Crippen LogP contribution in [0.4, 0.5) is 5.69 Å². The number of phenols is 2. The number of carbonyl (C=O) groups is 1. The van der Waals surface area contributed by atoms with E-state index in [1.54, 1.807) is 38.1 Å². The molecular formula is C21H19NO6S. The molecule has 0 bridgehead atoms. The average molecular weight is 413 g/mol. The summed E-state index contributed by atoms with van der Waals surface area (Å²) in [7, 11) is -3.98. The van der Waals surface area contributed by atoms with Crippen LogP contribution in [0.25, 0.3) is 11.1 Å². The Morgan fingerprint density at radius 3 is 2.14 bits per heavy atom. The fraction of sp³-hybridized carbons (Fsp3) is 0.0952. The Morgan fingerprint density at radius 2 is 1.55 bits per heavy atom. The summed E-state index contributed by atoms with van der Waals surface area (Å²) in [5.74, 6) is -1.66. The average Bonchev–Trinajstić information content (AvgIpc) is 2.65. The molecule has 0 fully saturated rings. The second-order valence-electron chi connectivity index (χ2n) is 6.63. The molecule has 3 aromatic rings. The molecule has 0 aliphatic heterocycles. The van der Waals surface area contributed by atoms with Gasteiger partial charge in [-0.1, -0.05) is 12.1 Å². The summed E-state index contributed by atoms with van der Waals surface area (Å²) >= 11 is 0. The SMILES string of the molecule is Cc1cc(-c2cccc(S(=O)(=O)Nc3ccc(C(=O)O)c(O)c3)c2)cc(C)c1O. The van der Waals surface area contributed by atoms with Gasteiger partial charge in [0.05, 0.1) is 10.6 Å². The van der Waals surface area contributed by atoms with Crippen molar-refractivity contribution >= 4 is 21.7 Å². The number of nitrogens with one attached hydrogen (secondary N) is 1. The molecule has 4 N–H and O–H groups in total. The molecule has 7 nitrogen and oxygen atoms in total. The van der Waals surface area contributed by atoms with E-state index in [-0.39, 0.29) is 21.9 Å². The van der Waals surface area contributed by atoms with Gasteiger partial charge in [0.25, 0.3) is 10.0 Å². The molecule has 0 amide bonds. The number of aromatic hydroxyl groups is 2. The molecule has 0 radical (unpaired) electrons. The summed E-state index contributed by atoms with van der Waals surface area (Å²) in [5, 5.41) is 28.6. The van der Waals surface area contributed by atoms with Gasteiger partial charge in [0, 0.05) is 6.07 Å². The largest absolute Gasteiger partial charge is 0.507 e. The van der Waals surface area contributed by atoms with Gasteiger partial charge in [-0.2, -0.15) is 0 Å². The van der Waals surface area contributed by atoms with Gasteiger partial charge in [0.2, 0.25) is 0 Å². The number of hydrogen-bond donors (Lipinski definition) is 4. The molecule has 0 aliphatic rings. The van der Waals surface area contributed by atoms with E-state index < -0.39 is 21.7 Å². The fourth-order valence-electron chi connectivity index (χ4n) is 2.96. The lowest BCUT2D eigenvalue weighted by molar-refractivity contribution is 0.0693. The van der Waals surface area contributed by atoms with Crippen LogP contribution in [-0.4, -0.2) is 29.7 Å². The molecule has 0 aromatic heterocycles. The van der Waals surface area contributed by atoms with Gasteiger partial charge in [-0.3, -0.25) is 4.72 Å². The van der Waals surface area contributed by atoms with Crippen LogP contribution in [0, 0.1) is 13.8 Å². The second-order valence-corrected chi connectivity index (χ2v) is 8.31. The number of anilines is 1. The third-order valence-electron chi connectivity index (χ3n) is 4.45. The molecular weight excluding hydrogens is 394 g/mol. The highest BCUT2D eigenvalue weighted by atomic mass is 32.2. The first-order valence-corrected chi connectivity index (χ1v) is 10.1. The maximum Gasteiger partial charge on any atom is 0.339 e. The number of carboxylic acids is 1. The number of phenolic OH excluding ortho intramolecular Hbond substituents is 1. The Labute approximate surface area is 167 Å². The molecule has 29 heavy (non-hydrogen) atoms. The maximum atomic E-state index is 12.8. The monoisotopic (exact) mass is 413 g/mol. The lowest BCUT2D eigenvalue weighted by Gasteiger charge is -2.12. The minimum atomic E-state index is -3.98. The van der Waals surface area contributed by atoms with Crippen LogP contribution in [-0.2, 0) is 10.0 Å². The molecule has 3 aromatic carbocycles. The van der Waals surface area contributed by atoms with Crippen LogP contribution >= 0.6 is 0 Å². The summed E-state index contributed by atoms with van der Waals surface area (Å²) in [5.41, 5.74) is 2.49. The maximum absolute atomic E-state index is 12.8. The first-order chi connectivity index (χ1) is 13.6. The summed E-state index contributed by atoms with van der Waals surface area (Å²) in [4.78, 5) is 11.0. The van der Waals surface area contributed by atoms with Crippen molar-refractivity contribution in [2.24, 2.45) is 0 Å². The van der Waals surface area contributed by atoms with Crippen molar-refractivity contribution in [3.05, 3.63) is 71.3 Å². The van der Waals surface area contributed by atoms with Crippen LogP contribution in [0.2, 0.25) is 0 Å². The lowest BCUT2D eigenvalue weighted by Crippen LogP contribution is -2.13. The minimum absolute atomic E-state index is 0.000169. The van der Waals surface area contributed by atoms with Crippen LogP contribution in [0.5, 0.6) is 11.5 Å². The van der Waals surface area contributed by atoms with Crippen LogP contribution < -0.4 is 4.72 Å². The molecule has 0 heterocycles.